The lowest BCUT2D eigenvalue weighted by Gasteiger charge is -2.11. The number of para-hydroxylation sites is 1. The Labute approximate surface area is 148 Å². The molecule has 1 fully saturated rings. The van der Waals surface area contributed by atoms with E-state index in [-0.39, 0.29) is 23.2 Å². The normalized spacial score (nSPS) is 13.4. The van der Waals surface area contributed by atoms with Gasteiger partial charge in [0.05, 0.1) is 16.6 Å². The predicted octanol–water partition coefficient (Wildman–Crippen LogP) is 2.07. The second-order valence-electron chi connectivity index (χ2n) is 6.19. The van der Waals surface area contributed by atoms with Crippen molar-refractivity contribution in [3.05, 3.63) is 70.1 Å². The fourth-order valence-corrected chi connectivity index (χ4v) is 2.75. The second kappa shape index (κ2) is 6.44. The molecule has 3 N–H and O–H groups in total. The van der Waals surface area contributed by atoms with Crippen LogP contribution < -0.4 is 16.2 Å². The van der Waals surface area contributed by atoms with E-state index < -0.39 is 5.91 Å². The molecule has 3 aromatic rings. The Hall–Kier alpha value is -3.48. The van der Waals surface area contributed by atoms with Crippen LogP contribution in [-0.4, -0.2) is 28.1 Å². The molecule has 0 unspecified atom stereocenters. The van der Waals surface area contributed by atoms with Crippen molar-refractivity contribution in [3.63, 3.8) is 0 Å². The van der Waals surface area contributed by atoms with Crippen LogP contribution in [0, 0.1) is 0 Å². The fraction of sp³-hybridized carbons (Fsp3) is 0.158. The number of aromatic amines is 1. The van der Waals surface area contributed by atoms with Crippen molar-refractivity contribution < 1.29 is 9.59 Å². The van der Waals surface area contributed by atoms with Crippen LogP contribution in [0.5, 0.6) is 0 Å². The molecule has 0 saturated heterocycles. The van der Waals surface area contributed by atoms with Gasteiger partial charge in [-0.25, -0.2) is 5.10 Å². The number of anilines is 1. The number of benzene rings is 2. The molecule has 2 aromatic carbocycles. The maximum absolute atomic E-state index is 12.7. The Kier molecular flexibility index (Phi) is 3.96. The molecule has 1 aromatic heterocycles. The number of aromatic nitrogens is 2. The van der Waals surface area contributed by atoms with E-state index in [9.17, 15) is 14.4 Å². The van der Waals surface area contributed by atoms with Crippen LogP contribution >= 0.6 is 0 Å². The van der Waals surface area contributed by atoms with E-state index in [1.807, 2.05) is 0 Å². The summed E-state index contributed by atoms with van der Waals surface area (Å²) in [6, 6.07) is 13.8. The smallest absolute Gasteiger partial charge is 0.276 e. The Balaban J connectivity index is 1.66. The molecule has 1 aliphatic carbocycles. The minimum atomic E-state index is -0.496. The molecule has 1 heterocycles. The Bertz CT molecular complexity index is 1070. The first kappa shape index (κ1) is 16.0. The standard InChI is InChI=1S/C19H16N4O3/c24-17(20-11-9-10-11)14-7-3-4-8-15(14)21-19(26)16-12-5-1-2-6-13(12)18(25)23-22-16/h1-8,11H,9-10H2,(H,20,24)(H,21,26)(H,23,25). The predicted molar refractivity (Wildman–Crippen MR) is 97.2 cm³/mol. The molecule has 1 aliphatic rings. The second-order valence-corrected chi connectivity index (χ2v) is 6.19. The van der Waals surface area contributed by atoms with Crippen molar-refractivity contribution in [2.45, 2.75) is 18.9 Å². The molecule has 1 saturated carbocycles. The molecule has 130 valence electrons. The molecule has 7 heteroatoms. The van der Waals surface area contributed by atoms with Gasteiger partial charge in [-0.3, -0.25) is 14.4 Å². The van der Waals surface area contributed by atoms with Crippen LogP contribution in [0.2, 0.25) is 0 Å². The van der Waals surface area contributed by atoms with Crippen LogP contribution in [0.3, 0.4) is 0 Å². The lowest BCUT2D eigenvalue weighted by molar-refractivity contribution is 0.0952. The van der Waals surface area contributed by atoms with Crippen molar-refractivity contribution >= 4 is 28.3 Å². The highest BCUT2D eigenvalue weighted by Crippen LogP contribution is 2.22. The SMILES string of the molecule is O=C(NC1CC1)c1ccccc1NC(=O)c1n[nH]c(=O)c2ccccc12. The van der Waals surface area contributed by atoms with E-state index in [1.54, 1.807) is 48.5 Å². The summed E-state index contributed by atoms with van der Waals surface area (Å²) >= 11 is 0. The lowest BCUT2D eigenvalue weighted by Crippen LogP contribution is -2.27. The average molecular weight is 348 g/mol. The molecular formula is C19H16N4O3. The van der Waals surface area contributed by atoms with Crippen LogP contribution in [0.15, 0.2) is 53.3 Å². The minimum Gasteiger partial charge on any atom is -0.349 e. The molecule has 4 rings (SSSR count). The molecule has 0 spiro atoms. The number of hydrogen-bond acceptors (Lipinski definition) is 4. The van der Waals surface area contributed by atoms with E-state index in [0.29, 0.717) is 22.0 Å². The highest BCUT2D eigenvalue weighted by atomic mass is 16.2. The number of carbonyl (C=O) groups excluding carboxylic acids is 2. The van der Waals surface area contributed by atoms with Gasteiger partial charge in [-0.15, -0.1) is 0 Å². The summed E-state index contributed by atoms with van der Waals surface area (Å²) in [4.78, 5) is 36.9. The Morgan fingerprint density at radius 2 is 1.65 bits per heavy atom. The zero-order chi connectivity index (χ0) is 18.1. The third kappa shape index (κ3) is 3.06. The minimum absolute atomic E-state index is 0.0950. The summed E-state index contributed by atoms with van der Waals surface area (Å²) in [5.74, 6) is -0.716. The van der Waals surface area contributed by atoms with E-state index in [1.165, 1.54) is 0 Å². The summed E-state index contributed by atoms with van der Waals surface area (Å²) in [5.41, 5.74) is 0.521. The number of fused-ring (bicyclic) bond motifs is 1. The van der Waals surface area contributed by atoms with Gasteiger partial charge in [0.2, 0.25) is 0 Å². The quantitative estimate of drug-likeness (QED) is 0.671. The van der Waals surface area contributed by atoms with Gasteiger partial charge in [0, 0.05) is 11.4 Å². The molecule has 0 bridgehead atoms. The zero-order valence-electron chi connectivity index (χ0n) is 13.8. The van der Waals surface area contributed by atoms with Crippen molar-refractivity contribution in [1.82, 2.24) is 15.5 Å². The van der Waals surface area contributed by atoms with Gasteiger partial charge in [-0.1, -0.05) is 30.3 Å². The maximum Gasteiger partial charge on any atom is 0.276 e. The van der Waals surface area contributed by atoms with Crippen LogP contribution in [0.4, 0.5) is 5.69 Å². The summed E-state index contributed by atoms with van der Waals surface area (Å²) in [6.07, 6.45) is 1.96. The molecule has 0 aliphatic heterocycles. The first-order valence-electron chi connectivity index (χ1n) is 8.32. The number of nitrogens with zero attached hydrogens (tertiary/aromatic N) is 1. The summed E-state index contributed by atoms with van der Waals surface area (Å²) in [7, 11) is 0. The lowest BCUT2D eigenvalue weighted by atomic mass is 10.1. The zero-order valence-corrected chi connectivity index (χ0v) is 13.8. The van der Waals surface area contributed by atoms with Crippen molar-refractivity contribution in [2.24, 2.45) is 0 Å². The number of rotatable bonds is 4. The monoisotopic (exact) mass is 348 g/mol. The number of amides is 2. The van der Waals surface area contributed by atoms with E-state index in [4.69, 9.17) is 0 Å². The molecule has 0 atom stereocenters. The third-order valence-electron chi connectivity index (χ3n) is 4.24. The van der Waals surface area contributed by atoms with Crippen LogP contribution in [-0.2, 0) is 0 Å². The van der Waals surface area contributed by atoms with Crippen LogP contribution in [0.1, 0.15) is 33.7 Å². The van der Waals surface area contributed by atoms with Gasteiger partial charge in [-0.2, -0.15) is 5.10 Å². The Morgan fingerprint density at radius 3 is 2.42 bits per heavy atom. The van der Waals surface area contributed by atoms with Gasteiger partial charge in [0.15, 0.2) is 5.69 Å². The Morgan fingerprint density at radius 1 is 0.962 bits per heavy atom. The first-order chi connectivity index (χ1) is 12.6. The molecule has 2 amide bonds. The van der Waals surface area contributed by atoms with E-state index >= 15 is 0 Å². The third-order valence-corrected chi connectivity index (χ3v) is 4.24. The number of nitrogens with one attached hydrogen (secondary N) is 3. The largest absolute Gasteiger partial charge is 0.349 e. The van der Waals surface area contributed by atoms with Gasteiger partial charge >= 0.3 is 0 Å². The van der Waals surface area contributed by atoms with Gasteiger partial charge in [0.1, 0.15) is 0 Å². The highest BCUT2D eigenvalue weighted by Gasteiger charge is 2.25. The average Bonchev–Trinajstić information content (AvgIpc) is 3.46. The summed E-state index contributed by atoms with van der Waals surface area (Å²) in [6.45, 7) is 0. The van der Waals surface area contributed by atoms with Gasteiger partial charge in [0.25, 0.3) is 17.4 Å². The molecular weight excluding hydrogens is 332 g/mol. The number of hydrogen-bond donors (Lipinski definition) is 3. The van der Waals surface area contributed by atoms with Crippen molar-refractivity contribution in [2.75, 3.05) is 5.32 Å². The summed E-state index contributed by atoms with van der Waals surface area (Å²) in [5, 5.41) is 12.7. The highest BCUT2D eigenvalue weighted by molar-refractivity contribution is 6.13. The van der Waals surface area contributed by atoms with E-state index in [2.05, 4.69) is 20.8 Å². The molecule has 7 nitrogen and oxygen atoms in total. The number of H-pyrrole nitrogens is 1. The van der Waals surface area contributed by atoms with Crippen molar-refractivity contribution in [3.8, 4) is 0 Å². The first-order valence-corrected chi connectivity index (χ1v) is 8.32. The van der Waals surface area contributed by atoms with E-state index in [0.717, 1.165) is 12.8 Å². The van der Waals surface area contributed by atoms with Crippen LogP contribution in [0.25, 0.3) is 10.8 Å². The number of carbonyl (C=O) groups is 2. The van der Waals surface area contributed by atoms with Crippen molar-refractivity contribution in [1.29, 1.82) is 0 Å². The topological polar surface area (TPSA) is 104 Å². The fourth-order valence-electron chi connectivity index (χ4n) is 2.75. The molecule has 26 heavy (non-hydrogen) atoms. The molecule has 0 radical (unpaired) electrons. The summed E-state index contributed by atoms with van der Waals surface area (Å²) < 4.78 is 0. The van der Waals surface area contributed by atoms with Gasteiger partial charge < -0.3 is 10.6 Å². The van der Waals surface area contributed by atoms with Gasteiger partial charge in [-0.05, 0) is 31.0 Å². The maximum atomic E-state index is 12.7.